The van der Waals surface area contributed by atoms with E-state index in [0.29, 0.717) is 22.3 Å². The van der Waals surface area contributed by atoms with Gasteiger partial charge in [-0.15, -0.1) is 0 Å². The maximum Gasteiger partial charge on any atom is 0.343 e. The molecule has 0 aromatic heterocycles. The first-order valence-corrected chi connectivity index (χ1v) is 12.7. The van der Waals surface area contributed by atoms with Gasteiger partial charge in [-0.2, -0.15) is 5.10 Å². The van der Waals surface area contributed by atoms with Gasteiger partial charge in [0.1, 0.15) is 11.5 Å². The van der Waals surface area contributed by atoms with Crippen molar-refractivity contribution in [3.63, 3.8) is 0 Å². The van der Waals surface area contributed by atoms with E-state index in [-0.39, 0.29) is 18.0 Å². The first kappa shape index (κ1) is 27.9. The number of nitrogens with zero attached hydrogens (tertiary/aromatic N) is 1. The van der Waals surface area contributed by atoms with Crippen LogP contribution in [0.3, 0.4) is 0 Å². The van der Waals surface area contributed by atoms with Crippen molar-refractivity contribution < 1.29 is 28.7 Å². The Bertz CT molecular complexity index is 1560. The quantitative estimate of drug-likeness (QED) is 0.124. The molecule has 0 aliphatic heterocycles. The number of hydrazone groups is 1. The molecule has 0 saturated heterocycles. The number of ether oxygens (including phenoxy) is 2. The van der Waals surface area contributed by atoms with Crippen LogP contribution in [0.1, 0.15) is 36.6 Å². The van der Waals surface area contributed by atoms with E-state index in [9.17, 15) is 19.2 Å². The van der Waals surface area contributed by atoms with Gasteiger partial charge in [-0.05, 0) is 54.6 Å². The molecule has 0 fully saturated rings. The molecule has 9 nitrogen and oxygen atoms in total. The zero-order valence-corrected chi connectivity index (χ0v) is 22.5. The molecule has 0 heterocycles. The Morgan fingerprint density at radius 2 is 1.35 bits per heavy atom. The largest absolute Gasteiger partial charge is 0.423 e. The van der Waals surface area contributed by atoms with Gasteiger partial charge in [0.25, 0.3) is 11.8 Å². The van der Waals surface area contributed by atoms with E-state index in [2.05, 4.69) is 31.8 Å². The van der Waals surface area contributed by atoms with Gasteiger partial charge in [-0.3, -0.25) is 9.59 Å². The van der Waals surface area contributed by atoms with E-state index < -0.39 is 23.8 Å². The molecule has 2 N–H and O–H groups in total. The highest BCUT2D eigenvalue weighted by atomic mass is 79.9. The monoisotopic (exact) mass is 599 g/mol. The van der Waals surface area contributed by atoms with Crippen molar-refractivity contribution in [1.82, 2.24) is 10.7 Å². The SMILES string of the molecule is O=C(CNC(=O)c1cccc(Br)c1)N/N=C\c1ccc(OC(=O)c2ccccc2)cc1OC(=O)c1ccccc1. The van der Waals surface area contributed by atoms with Crippen molar-refractivity contribution >= 4 is 45.9 Å². The highest BCUT2D eigenvalue weighted by Gasteiger charge is 2.15. The molecule has 0 radical (unpaired) electrons. The minimum absolute atomic E-state index is 0.0492. The lowest BCUT2D eigenvalue weighted by Crippen LogP contribution is -2.34. The molecule has 4 aromatic carbocycles. The summed E-state index contributed by atoms with van der Waals surface area (Å²) in [6, 6.07) is 27.9. The maximum atomic E-state index is 12.7. The molecule has 0 saturated carbocycles. The molecule has 0 aliphatic rings. The molecule has 10 heteroatoms. The second-order valence-electron chi connectivity index (χ2n) is 8.20. The summed E-state index contributed by atoms with van der Waals surface area (Å²) >= 11 is 3.29. The molecule has 0 atom stereocenters. The van der Waals surface area contributed by atoms with E-state index in [1.165, 1.54) is 24.4 Å². The highest BCUT2D eigenvalue weighted by Crippen LogP contribution is 2.26. The summed E-state index contributed by atoms with van der Waals surface area (Å²) < 4.78 is 11.7. The first-order valence-electron chi connectivity index (χ1n) is 11.9. The zero-order chi connectivity index (χ0) is 28.3. The summed E-state index contributed by atoms with van der Waals surface area (Å²) in [6.07, 6.45) is 1.27. The van der Waals surface area contributed by atoms with Crippen LogP contribution in [0.15, 0.2) is 113 Å². The lowest BCUT2D eigenvalue weighted by molar-refractivity contribution is -0.120. The highest BCUT2D eigenvalue weighted by molar-refractivity contribution is 9.10. The first-order chi connectivity index (χ1) is 19.4. The normalized spacial score (nSPS) is 10.5. The Kier molecular flexibility index (Phi) is 9.52. The van der Waals surface area contributed by atoms with E-state index >= 15 is 0 Å². The van der Waals surface area contributed by atoms with Crippen molar-refractivity contribution in [2.24, 2.45) is 5.10 Å². The second-order valence-corrected chi connectivity index (χ2v) is 9.11. The molecule has 200 valence electrons. The number of carbonyl (C=O) groups is 4. The molecule has 4 aromatic rings. The molecule has 4 rings (SSSR count). The topological polar surface area (TPSA) is 123 Å². The maximum absolute atomic E-state index is 12.7. The summed E-state index contributed by atoms with van der Waals surface area (Å²) in [5.41, 5.74) is 3.69. The molecule has 0 aliphatic carbocycles. The molecule has 40 heavy (non-hydrogen) atoms. The van der Waals surface area contributed by atoms with Gasteiger partial charge in [0, 0.05) is 21.7 Å². The van der Waals surface area contributed by atoms with Crippen LogP contribution in [-0.4, -0.2) is 36.5 Å². The Morgan fingerprint density at radius 3 is 2.00 bits per heavy atom. The summed E-state index contributed by atoms with van der Waals surface area (Å²) in [5.74, 6) is -2.03. The van der Waals surface area contributed by atoms with Gasteiger partial charge < -0.3 is 14.8 Å². The Hall–Kier alpha value is -5.09. The third-order valence-corrected chi connectivity index (χ3v) is 5.80. The van der Waals surface area contributed by atoms with E-state index in [0.717, 1.165) is 4.47 Å². The van der Waals surface area contributed by atoms with Gasteiger partial charge in [-0.1, -0.05) is 58.4 Å². The number of halogens is 1. The molecular formula is C30H22BrN3O6. The van der Waals surface area contributed by atoms with Crippen LogP contribution in [0.4, 0.5) is 0 Å². The zero-order valence-electron chi connectivity index (χ0n) is 20.9. The lowest BCUT2D eigenvalue weighted by atomic mass is 10.2. The number of esters is 2. The summed E-state index contributed by atoms with van der Waals surface area (Å²) in [5, 5.41) is 6.41. The molecule has 0 spiro atoms. The average Bonchev–Trinajstić information content (AvgIpc) is 2.98. The van der Waals surface area contributed by atoms with Gasteiger partial charge in [0.05, 0.1) is 23.9 Å². The third kappa shape index (κ3) is 7.95. The number of hydrogen-bond donors (Lipinski definition) is 2. The van der Waals surface area contributed by atoms with Crippen molar-refractivity contribution in [3.8, 4) is 11.5 Å². The van der Waals surface area contributed by atoms with E-state index in [1.807, 2.05) is 0 Å². The summed E-state index contributed by atoms with van der Waals surface area (Å²) in [6.45, 7) is -0.313. The van der Waals surface area contributed by atoms with Crippen molar-refractivity contribution in [2.45, 2.75) is 0 Å². The fraction of sp³-hybridized carbons (Fsp3) is 0.0333. The van der Waals surface area contributed by atoms with Crippen molar-refractivity contribution in [2.75, 3.05) is 6.54 Å². The second kappa shape index (κ2) is 13.6. The van der Waals surface area contributed by atoms with Crippen molar-refractivity contribution in [3.05, 3.63) is 130 Å². The Balaban J connectivity index is 1.44. The van der Waals surface area contributed by atoms with Crippen LogP contribution < -0.4 is 20.2 Å². The van der Waals surface area contributed by atoms with Gasteiger partial charge >= 0.3 is 11.9 Å². The van der Waals surface area contributed by atoms with Crippen molar-refractivity contribution in [1.29, 1.82) is 0 Å². The van der Waals surface area contributed by atoms with Crippen LogP contribution in [0.5, 0.6) is 11.5 Å². The number of hydrogen-bond acceptors (Lipinski definition) is 7. The van der Waals surface area contributed by atoms with Crippen LogP contribution in [0, 0.1) is 0 Å². The predicted molar refractivity (Wildman–Crippen MR) is 151 cm³/mol. The molecule has 2 amide bonds. The minimum atomic E-state index is -0.638. The van der Waals surface area contributed by atoms with Crippen LogP contribution in [0.2, 0.25) is 0 Å². The number of rotatable bonds is 9. The van der Waals surface area contributed by atoms with Crippen LogP contribution >= 0.6 is 15.9 Å². The number of carbonyl (C=O) groups excluding carboxylic acids is 4. The fourth-order valence-electron chi connectivity index (χ4n) is 3.35. The number of amides is 2. The minimum Gasteiger partial charge on any atom is -0.423 e. The number of nitrogens with one attached hydrogen (secondary N) is 2. The molecular weight excluding hydrogens is 578 g/mol. The molecule has 0 unspecified atom stereocenters. The summed E-state index contributed by atoms with van der Waals surface area (Å²) in [4.78, 5) is 49.6. The standard InChI is InChI=1S/C30H22BrN3O6/c31-24-13-7-12-22(16-24)28(36)32-19-27(35)34-33-18-23-14-15-25(39-29(37)20-8-3-1-4-9-20)17-26(23)40-30(38)21-10-5-2-6-11-21/h1-18H,19H2,(H,32,36)(H,34,35)/b33-18-. The van der Waals surface area contributed by atoms with E-state index in [1.54, 1.807) is 84.9 Å². The third-order valence-electron chi connectivity index (χ3n) is 5.31. The smallest absolute Gasteiger partial charge is 0.343 e. The van der Waals surface area contributed by atoms with E-state index in [4.69, 9.17) is 9.47 Å². The van der Waals surface area contributed by atoms with Gasteiger partial charge in [0.2, 0.25) is 0 Å². The molecule has 0 bridgehead atoms. The number of benzene rings is 4. The Labute approximate surface area is 237 Å². The Morgan fingerprint density at radius 1 is 0.725 bits per heavy atom. The lowest BCUT2D eigenvalue weighted by Gasteiger charge is -2.10. The van der Waals surface area contributed by atoms with Crippen LogP contribution in [-0.2, 0) is 4.79 Å². The van der Waals surface area contributed by atoms with Gasteiger partial charge in [-0.25, -0.2) is 15.0 Å². The van der Waals surface area contributed by atoms with Crippen LogP contribution in [0.25, 0.3) is 0 Å². The fourth-order valence-corrected chi connectivity index (χ4v) is 3.75. The average molecular weight is 600 g/mol. The predicted octanol–water partition coefficient (Wildman–Crippen LogP) is 4.77. The summed E-state index contributed by atoms with van der Waals surface area (Å²) in [7, 11) is 0. The van der Waals surface area contributed by atoms with Gasteiger partial charge in [0.15, 0.2) is 0 Å².